The van der Waals surface area contributed by atoms with E-state index in [0.717, 1.165) is 22.5 Å². The van der Waals surface area contributed by atoms with E-state index in [1.807, 2.05) is 0 Å². The molecular formula is C13H11FN2O4S. The largest absolute Gasteiger partial charge is 0.507 e. The van der Waals surface area contributed by atoms with Crippen molar-refractivity contribution >= 4 is 28.4 Å². The second-order valence-corrected chi connectivity index (χ2v) is 5.00. The van der Waals surface area contributed by atoms with E-state index in [0.29, 0.717) is 0 Å². The SMILES string of the molecule is Cc1nsc(N(C)C(=O)c2c(O)cccc2F)c1C(=O)O. The minimum absolute atomic E-state index is 0.0765. The number of aromatic carboxylic acids is 1. The van der Waals surface area contributed by atoms with Crippen molar-refractivity contribution in [3.8, 4) is 5.75 Å². The van der Waals surface area contributed by atoms with Gasteiger partial charge in [0.25, 0.3) is 5.91 Å². The van der Waals surface area contributed by atoms with Crippen LogP contribution >= 0.6 is 11.5 Å². The highest BCUT2D eigenvalue weighted by Gasteiger charge is 2.27. The summed E-state index contributed by atoms with van der Waals surface area (Å²) in [6, 6.07) is 3.48. The van der Waals surface area contributed by atoms with Crippen molar-refractivity contribution in [1.82, 2.24) is 4.37 Å². The van der Waals surface area contributed by atoms with E-state index in [9.17, 15) is 19.1 Å². The molecule has 2 N–H and O–H groups in total. The van der Waals surface area contributed by atoms with Gasteiger partial charge in [0, 0.05) is 7.05 Å². The van der Waals surface area contributed by atoms with Gasteiger partial charge in [0.1, 0.15) is 27.7 Å². The van der Waals surface area contributed by atoms with Gasteiger partial charge in [-0.2, -0.15) is 4.37 Å². The van der Waals surface area contributed by atoms with Gasteiger partial charge in [-0.05, 0) is 30.6 Å². The minimum atomic E-state index is -1.23. The zero-order valence-corrected chi connectivity index (χ0v) is 11.9. The van der Waals surface area contributed by atoms with Crippen LogP contribution < -0.4 is 4.90 Å². The Morgan fingerprint density at radius 1 is 1.33 bits per heavy atom. The number of hydrogen-bond acceptors (Lipinski definition) is 5. The number of nitrogens with zero attached hydrogens (tertiary/aromatic N) is 2. The third-order valence-electron chi connectivity index (χ3n) is 2.87. The lowest BCUT2D eigenvalue weighted by molar-refractivity contribution is 0.0697. The first-order valence-electron chi connectivity index (χ1n) is 5.79. The van der Waals surface area contributed by atoms with Gasteiger partial charge in [-0.25, -0.2) is 9.18 Å². The predicted molar refractivity (Wildman–Crippen MR) is 74.6 cm³/mol. The van der Waals surface area contributed by atoms with E-state index in [2.05, 4.69) is 4.37 Å². The summed E-state index contributed by atoms with van der Waals surface area (Å²) in [5.74, 6) is -3.47. The number of aromatic nitrogens is 1. The predicted octanol–water partition coefficient (Wildman–Crippen LogP) is 2.27. The maximum absolute atomic E-state index is 13.7. The number of benzene rings is 1. The molecule has 0 spiro atoms. The normalized spacial score (nSPS) is 10.4. The number of carboxylic acid groups (broad SMARTS) is 1. The molecule has 1 amide bonds. The third-order valence-corrected chi connectivity index (χ3v) is 3.89. The molecule has 8 heteroatoms. The molecule has 2 aromatic rings. The van der Waals surface area contributed by atoms with E-state index in [1.165, 1.54) is 26.1 Å². The monoisotopic (exact) mass is 310 g/mol. The summed E-state index contributed by atoms with van der Waals surface area (Å²) in [6.07, 6.45) is 0. The van der Waals surface area contributed by atoms with Gasteiger partial charge in [-0.3, -0.25) is 4.79 Å². The Morgan fingerprint density at radius 2 is 2.00 bits per heavy atom. The van der Waals surface area contributed by atoms with Crippen molar-refractivity contribution in [1.29, 1.82) is 0 Å². The molecule has 0 aliphatic rings. The first-order chi connectivity index (χ1) is 9.84. The fourth-order valence-corrected chi connectivity index (χ4v) is 2.66. The highest BCUT2D eigenvalue weighted by molar-refractivity contribution is 7.11. The smallest absolute Gasteiger partial charge is 0.340 e. The van der Waals surface area contributed by atoms with Gasteiger partial charge in [0.15, 0.2) is 0 Å². The number of hydrogen-bond donors (Lipinski definition) is 2. The number of rotatable bonds is 3. The van der Waals surface area contributed by atoms with Gasteiger partial charge in [0.05, 0.1) is 5.69 Å². The molecule has 1 aromatic carbocycles. The van der Waals surface area contributed by atoms with E-state index >= 15 is 0 Å². The van der Waals surface area contributed by atoms with Crippen molar-refractivity contribution in [2.24, 2.45) is 0 Å². The highest BCUT2D eigenvalue weighted by atomic mass is 32.1. The zero-order chi connectivity index (χ0) is 15.7. The van der Waals surface area contributed by atoms with E-state index in [1.54, 1.807) is 0 Å². The highest BCUT2D eigenvalue weighted by Crippen LogP contribution is 2.30. The zero-order valence-electron chi connectivity index (χ0n) is 11.1. The maximum Gasteiger partial charge on any atom is 0.340 e. The van der Waals surface area contributed by atoms with Crippen LogP contribution in [0, 0.1) is 12.7 Å². The number of anilines is 1. The molecule has 6 nitrogen and oxygen atoms in total. The first-order valence-corrected chi connectivity index (χ1v) is 6.57. The van der Waals surface area contributed by atoms with Gasteiger partial charge in [-0.1, -0.05) is 6.07 Å². The molecular weight excluding hydrogens is 299 g/mol. The number of phenolic OH excluding ortho intramolecular Hbond substituents is 1. The molecule has 0 atom stereocenters. The molecule has 2 rings (SSSR count). The molecule has 0 aliphatic carbocycles. The van der Waals surface area contributed by atoms with E-state index in [4.69, 9.17) is 5.11 Å². The number of aryl methyl sites for hydroxylation is 1. The van der Waals surface area contributed by atoms with Gasteiger partial charge < -0.3 is 15.1 Å². The lowest BCUT2D eigenvalue weighted by atomic mass is 10.1. The summed E-state index contributed by atoms with van der Waals surface area (Å²) in [5.41, 5.74) is -0.367. The number of carboxylic acids is 1. The van der Waals surface area contributed by atoms with Crippen LogP contribution in [-0.4, -0.2) is 33.5 Å². The van der Waals surface area contributed by atoms with Crippen LogP contribution in [0.3, 0.4) is 0 Å². The average molecular weight is 310 g/mol. The molecule has 0 bridgehead atoms. The Morgan fingerprint density at radius 3 is 2.57 bits per heavy atom. The Kier molecular flexibility index (Phi) is 3.90. The Balaban J connectivity index is 2.48. The lowest BCUT2D eigenvalue weighted by Gasteiger charge is -2.16. The van der Waals surface area contributed by atoms with Crippen LogP contribution in [-0.2, 0) is 0 Å². The molecule has 1 aromatic heterocycles. The van der Waals surface area contributed by atoms with E-state index < -0.39 is 29.0 Å². The van der Waals surface area contributed by atoms with Gasteiger partial charge in [0.2, 0.25) is 0 Å². The molecule has 0 fully saturated rings. The molecule has 0 aliphatic heterocycles. The summed E-state index contributed by atoms with van der Waals surface area (Å²) in [6.45, 7) is 1.50. The average Bonchev–Trinajstić information content (AvgIpc) is 2.79. The van der Waals surface area contributed by atoms with Crippen LogP contribution in [0.25, 0.3) is 0 Å². The summed E-state index contributed by atoms with van der Waals surface area (Å²) in [7, 11) is 1.30. The minimum Gasteiger partial charge on any atom is -0.507 e. The summed E-state index contributed by atoms with van der Waals surface area (Å²) in [4.78, 5) is 24.5. The number of aromatic hydroxyl groups is 1. The Labute approximate surface area is 123 Å². The van der Waals surface area contributed by atoms with Crippen LogP contribution in [0.15, 0.2) is 18.2 Å². The lowest BCUT2D eigenvalue weighted by Crippen LogP contribution is -2.28. The summed E-state index contributed by atoms with van der Waals surface area (Å²) in [5, 5.41) is 18.9. The quantitative estimate of drug-likeness (QED) is 0.907. The number of phenols is 1. The number of carbonyl (C=O) groups excluding carboxylic acids is 1. The van der Waals surface area contributed by atoms with Crippen LogP contribution in [0.2, 0.25) is 0 Å². The third kappa shape index (κ3) is 2.57. The second kappa shape index (κ2) is 5.49. The molecule has 0 unspecified atom stereocenters. The van der Waals surface area contributed by atoms with Gasteiger partial charge in [-0.15, -0.1) is 0 Å². The standard InChI is InChI=1S/C13H11FN2O4S/c1-6-9(13(19)20)12(21-15-6)16(2)11(18)10-7(14)4-3-5-8(10)17/h3-5,17H,1-2H3,(H,19,20). The maximum atomic E-state index is 13.7. The summed E-state index contributed by atoms with van der Waals surface area (Å²) >= 11 is 0.817. The molecule has 110 valence electrons. The number of amides is 1. The first kappa shape index (κ1) is 14.9. The van der Waals surface area contributed by atoms with Crippen LogP contribution in [0.4, 0.5) is 9.39 Å². The van der Waals surface area contributed by atoms with Crippen molar-refractivity contribution in [2.75, 3.05) is 11.9 Å². The second-order valence-electron chi connectivity index (χ2n) is 4.25. The summed E-state index contributed by atoms with van der Waals surface area (Å²) < 4.78 is 17.6. The topological polar surface area (TPSA) is 90.7 Å². The van der Waals surface area contributed by atoms with Gasteiger partial charge >= 0.3 is 5.97 Å². The molecule has 0 radical (unpaired) electrons. The fourth-order valence-electron chi connectivity index (χ4n) is 1.82. The molecule has 21 heavy (non-hydrogen) atoms. The Hall–Kier alpha value is -2.48. The van der Waals surface area contributed by atoms with Crippen LogP contribution in [0.1, 0.15) is 26.4 Å². The fraction of sp³-hybridized carbons (Fsp3) is 0.154. The number of carbonyl (C=O) groups is 2. The Bertz CT molecular complexity index is 709. The molecule has 0 saturated heterocycles. The van der Waals surface area contributed by atoms with Crippen molar-refractivity contribution in [3.05, 3.63) is 40.8 Å². The van der Waals surface area contributed by atoms with Crippen LogP contribution in [0.5, 0.6) is 5.75 Å². The molecule has 0 saturated carbocycles. The number of halogens is 1. The van der Waals surface area contributed by atoms with E-state index in [-0.39, 0.29) is 16.3 Å². The van der Waals surface area contributed by atoms with Crippen molar-refractivity contribution in [2.45, 2.75) is 6.92 Å². The van der Waals surface area contributed by atoms with Crippen molar-refractivity contribution in [3.63, 3.8) is 0 Å². The molecule has 1 heterocycles. The van der Waals surface area contributed by atoms with Crippen molar-refractivity contribution < 1.29 is 24.2 Å².